The molecule has 0 unspecified atom stereocenters. The predicted molar refractivity (Wildman–Crippen MR) is 86.9 cm³/mol. The van der Waals surface area contributed by atoms with Crippen LogP contribution < -0.4 is 4.74 Å². The van der Waals surface area contributed by atoms with E-state index < -0.39 is 10.5 Å². The molecule has 8 nitrogen and oxygen atoms in total. The lowest BCUT2D eigenvalue weighted by Crippen LogP contribution is -2.42. The lowest BCUT2D eigenvalue weighted by molar-refractivity contribution is -0.389. The summed E-state index contributed by atoms with van der Waals surface area (Å²) in [6, 6.07) is 2.86. The lowest BCUT2D eigenvalue weighted by atomic mass is 9.98. The second kappa shape index (κ2) is 7.46. The maximum Gasteiger partial charge on any atom is 0.410 e. The molecule has 24 heavy (non-hydrogen) atoms. The Labute approximate surface area is 140 Å². The highest BCUT2D eigenvalue weighted by Crippen LogP contribution is 2.21. The molecule has 1 aliphatic rings. The molecule has 1 amide bonds. The van der Waals surface area contributed by atoms with Crippen LogP contribution in [0.25, 0.3) is 0 Å². The second-order valence-electron chi connectivity index (χ2n) is 6.83. The van der Waals surface area contributed by atoms with Crippen molar-refractivity contribution < 1.29 is 19.2 Å². The van der Waals surface area contributed by atoms with Crippen LogP contribution in [0.4, 0.5) is 10.6 Å². The molecular formula is C16H23N3O5. The van der Waals surface area contributed by atoms with E-state index in [2.05, 4.69) is 4.98 Å². The van der Waals surface area contributed by atoms with Crippen LogP contribution in [0.3, 0.4) is 0 Å². The van der Waals surface area contributed by atoms with E-state index in [0.717, 1.165) is 12.8 Å². The first-order valence-electron chi connectivity index (χ1n) is 7.96. The zero-order valence-corrected chi connectivity index (χ0v) is 14.2. The average molecular weight is 337 g/mol. The summed E-state index contributed by atoms with van der Waals surface area (Å²) in [7, 11) is 0. The number of rotatable bonds is 4. The normalized spacial score (nSPS) is 15.9. The fourth-order valence-corrected chi connectivity index (χ4v) is 2.39. The number of hydrogen-bond acceptors (Lipinski definition) is 6. The van der Waals surface area contributed by atoms with Gasteiger partial charge in [0.05, 0.1) is 6.61 Å². The Balaban J connectivity index is 1.75. The smallest absolute Gasteiger partial charge is 0.410 e. The van der Waals surface area contributed by atoms with Crippen LogP contribution in [0.1, 0.15) is 33.6 Å². The number of hydrogen-bond donors (Lipinski definition) is 0. The van der Waals surface area contributed by atoms with Crippen LogP contribution in [0.5, 0.6) is 5.75 Å². The van der Waals surface area contributed by atoms with Gasteiger partial charge in [-0.3, -0.25) is 0 Å². The van der Waals surface area contributed by atoms with E-state index in [0.29, 0.717) is 31.4 Å². The summed E-state index contributed by atoms with van der Waals surface area (Å²) in [6.07, 6.45) is 2.74. The standard InChI is InChI=1S/C16H23N3O5/c1-16(2,3)24-15(20)18-8-6-12(7-9-18)11-23-13-4-5-14(17-10-13)19(21)22/h4-5,10,12H,6-9,11H2,1-3H3. The number of carbonyl (C=O) groups excluding carboxylic acids is 1. The molecular weight excluding hydrogens is 314 g/mol. The Morgan fingerprint density at radius 2 is 2.04 bits per heavy atom. The number of nitro groups is 1. The van der Waals surface area contributed by atoms with Crippen LogP contribution in [0.2, 0.25) is 0 Å². The number of ether oxygens (including phenoxy) is 2. The number of pyridine rings is 1. The van der Waals surface area contributed by atoms with E-state index in [1.54, 1.807) is 11.0 Å². The molecule has 0 atom stereocenters. The molecule has 0 saturated carbocycles. The maximum atomic E-state index is 12.0. The molecule has 0 spiro atoms. The minimum absolute atomic E-state index is 0.201. The third-order valence-electron chi connectivity index (χ3n) is 3.66. The first-order valence-corrected chi connectivity index (χ1v) is 7.96. The molecule has 1 saturated heterocycles. The molecule has 1 aromatic rings. The number of amides is 1. The summed E-state index contributed by atoms with van der Waals surface area (Å²) >= 11 is 0. The molecule has 0 aromatic carbocycles. The molecule has 0 bridgehead atoms. The van der Waals surface area contributed by atoms with Gasteiger partial charge in [-0.15, -0.1) is 0 Å². The average Bonchev–Trinajstić information content (AvgIpc) is 2.52. The molecule has 1 aromatic heterocycles. The maximum absolute atomic E-state index is 12.0. The summed E-state index contributed by atoms with van der Waals surface area (Å²) in [4.78, 5) is 27.4. The van der Waals surface area contributed by atoms with Crippen molar-refractivity contribution in [3.8, 4) is 5.75 Å². The van der Waals surface area contributed by atoms with E-state index in [9.17, 15) is 14.9 Å². The third kappa shape index (κ3) is 5.36. The van der Waals surface area contributed by atoms with Crippen LogP contribution in [-0.2, 0) is 4.74 Å². The zero-order chi connectivity index (χ0) is 17.7. The Bertz CT molecular complexity index is 574. The lowest BCUT2D eigenvalue weighted by Gasteiger charge is -2.33. The van der Waals surface area contributed by atoms with Gasteiger partial charge in [0.2, 0.25) is 0 Å². The Morgan fingerprint density at radius 1 is 1.38 bits per heavy atom. The third-order valence-corrected chi connectivity index (χ3v) is 3.66. The van der Waals surface area contributed by atoms with Gasteiger partial charge in [0.25, 0.3) is 0 Å². The molecule has 0 N–H and O–H groups in total. The monoisotopic (exact) mass is 337 g/mol. The van der Waals surface area contributed by atoms with E-state index in [1.165, 1.54) is 12.3 Å². The number of nitrogens with zero attached hydrogens (tertiary/aromatic N) is 3. The quantitative estimate of drug-likeness (QED) is 0.619. The molecule has 1 aliphatic heterocycles. The van der Waals surface area contributed by atoms with Gasteiger partial charge in [0.1, 0.15) is 5.60 Å². The Morgan fingerprint density at radius 3 is 2.54 bits per heavy atom. The fourth-order valence-electron chi connectivity index (χ4n) is 2.39. The van der Waals surface area contributed by atoms with Gasteiger partial charge >= 0.3 is 11.9 Å². The molecule has 0 aliphatic carbocycles. The van der Waals surface area contributed by atoms with Crippen LogP contribution in [-0.4, -0.2) is 46.2 Å². The second-order valence-corrected chi connectivity index (χ2v) is 6.83. The largest absolute Gasteiger partial charge is 0.489 e. The summed E-state index contributed by atoms with van der Waals surface area (Å²) in [5, 5.41) is 10.5. The molecule has 2 heterocycles. The molecule has 0 radical (unpaired) electrons. The van der Waals surface area contributed by atoms with Crippen molar-refractivity contribution in [1.29, 1.82) is 0 Å². The van der Waals surface area contributed by atoms with Crippen molar-refractivity contribution in [1.82, 2.24) is 9.88 Å². The number of aromatic nitrogens is 1. The van der Waals surface area contributed by atoms with Crippen LogP contribution >= 0.6 is 0 Å². The zero-order valence-electron chi connectivity index (χ0n) is 14.2. The Kier molecular flexibility index (Phi) is 5.58. The highest BCUT2D eigenvalue weighted by atomic mass is 16.6. The van der Waals surface area contributed by atoms with Crippen molar-refractivity contribution in [2.75, 3.05) is 19.7 Å². The van der Waals surface area contributed by atoms with E-state index >= 15 is 0 Å². The van der Waals surface area contributed by atoms with E-state index in [-0.39, 0.29) is 11.9 Å². The number of piperidine rings is 1. The van der Waals surface area contributed by atoms with Gasteiger partial charge in [-0.2, -0.15) is 0 Å². The SMILES string of the molecule is CC(C)(C)OC(=O)N1CCC(COc2ccc([N+](=O)[O-])nc2)CC1. The number of carbonyl (C=O) groups is 1. The van der Waals surface area contributed by atoms with Crippen molar-refractivity contribution in [2.24, 2.45) is 5.92 Å². The van der Waals surface area contributed by atoms with Crippen LogP contribution in [0, 0.1) is 16.0 Å². The predicted octanol–water partition coefficient (Wildman–Crippen LogP) is 3.02. The van der Waals surface area contributed by atoms with Crippen molar-refractivity contribution >= 4 is 11.9 Å². The molecule has 132 valence electrons. The van der Waals surface area contributed by atoms with Crippen molar-refractivity contribution in [3.05, 3.63) is 28.4 Å². The van der Waals surface area contributed by atoms with Gasteiger partial charge in [-0.1, -0.05) is 0 Å². The van der Waals surface area contributed by atoms with Gasteiger partial charge in [0, 0.05) is 19.2 Å². The Hall–Kier alpha value is -2.38. The minimum Gasteiger partial charge on any atom is -0.489 e. The first kappa shape index (κ1) is 18.0. The van der Waals surface area contributed by atoms with Gasteiger partial charge in [-0.25, -0.2) is 4.79 Å². The van der Waals surface area contributed by atoms with Gasteiger partial charge in [-0.05, 0) is 55.5 Å². The summed E-state index contributed by atoms with van der Waals surface area (Å²) in [5.74, 6) is 0.641. The van der Waals surface area contributed by atoms with Gasteiger partial charge in [0.15, 0.2) is 11.9 Å². The highest BCUT2D eigenvalue weighted by molar-refractivity contribution is 5.68. The topological polar surface area (TPSA) is 94.8 Å². The summed E-state index contributed by atoms with van der Waals surface area (Å²) < 4.78 is 11.0. The molecule has 2 rings (SSSR count). The highest BCUT2D eigenvalue weighted by Gasteiger charge is 2.27. The van der Waals surface area contributed by atoms with E-state index in [4.69, 9.17) is 9.47 Å². The molecule has 8 heteroatoms. The van der Waals surface area contributed by atoms with Gasteiger partial charge < -0.3 is 24.5 Å². The van der Waals surface area contributed by atoms with Crippen molar-refractivity contribution in [2.45, 2.75) is 39.2 Å². The summed E-state index contributed by atoms with van der Waals surface area (Å²) in [6.45, 7) is 7.34. The number of likely N-dealkylation sites (tertiary alicyclic amines) is 1. The fraction of sp³-hybridized carbons (Fsp3) is 0.625. The van der Waals surface area contributed by atoms with Crippen molar-refractivity contribution in [3.63, 3.8) is 0 Å². The van der Waals surface area contributed by atoms with Crippen LogP contribution in [0.15, 0.2) is 18.3 Å². The molecule has 1 fully saturated rings. The first-order chi connectivity index (χ1) is 11.2. The summed E-state index contributed by atoms with van der Waals surface area (Å²) in [5.41, 5.74) is -0.486. The minimum atomic E-state index is -0.545. The van der Waals surface area contributed by atoms with E-state index in [1.807, 2.05) is 20.8 Å².